The van der Waals surface area contributed by atoms with Crippen molar-refractivity contribution in [1.29, 1.82) is 0 Å². The molecule has 0 aliphatic heterocycles. The van der Waals surface area contributed by atoms with Crippen molar-refractivity contribution in [1.82, 2.24) is 15.6 Å². The van der Waals surface area contributed by atoms with E-state index in [4.69, 9.17) is 4.74 Å². The molecule has 28 heavy (non-hydrogen) atoms. The van der Waals surface area contributed by atoms with Crippen molar-refractivity contribution in [2.24, 2.45) is 5.10 Å². The Hall–Kier alpha value is -2.78. The highest BCUT2D eigenvalue weighted by Crippen LogP contribution is 2.23. The third-order valence-electron chi connectivity index (χ3n) is 3.56. The molecule has 1 aromatic heterocycles. The summed E-state index contributed by atoms with van der Waals surface area (Å²) in [5, 5.41) is 10.5. The maximum absolute atomic E-state index is 12.4. The molecule has 0 saturated heterocycles. The maximum atomic E-state index is 12.4. The lowest BCUT2D eigenvalue weighted by Crippen LogP contribution is -2.18. The zero-order valence-corrected chi connectivity index (χ0v) is 17.7. The summed E-state index contributed by atoms with van der Waals surface area (Å²) in [4.78, 5) is 24.3. The average Bonchev–Trinajstić information content (AvgIpc) is 3.10. The van der Waals surface area contributed by atoms with Gasteiger partial charge in [-0.25, -0.2) is 10.2 Å². The summed E-state index contributed by atoms with van der Waals surface area (Å²) in [6.07, 6.45) is 1.40. The van der Waals surface area contributed by atoms with E-state index in [0.717, 1.165) is 14.6 Å². The Balaban J connectivity index is 1.74. The van der Waals surface area contributed by atoms with E-state index in [1.54, 1.807) is 55.5 Å². The van der Waals surface area contributed by atoms with Gasteiger partial charge in [0.15, 0.2) is 5.69 Å². The van der Waals surface area contributed by atoms with Crippen molar-refractivity contribution in [3.63, 3.8) is 0 Å². The molecule has 0 radical (unpaired) electrons. The van der Waals surface area contributed by atoms with Gasteiger partial charge in [-0.05, 0) is 55.5 Å². The quantitative estimate of drug-likeness (QED) is 0.235. The van der Waals surface area contributed by atoms with Crippen LogP contribution < -0.4 is 10.2 Å². The monoisotopic (exact) mass is 504 g/mol. The highest BCUT2D eigenvalue weighted by molar-refractivity contribution is 9.10. The van der Waals surface area contributed by atoms with E-state index in [9.17, 15) is 9.59 Å². The second-order valence-electron chi connectivity index (χ2n) is 5.71. The fourth-order valence-corrected chi connectivity index (χ4v) is 2.85. The van der Waals surface area contributed by atoms with Crippen molar-refractivity contribution >= 4 is 50.0 Å². The van der Waals surface area contributed by atoms with Gasteiger partial charge in [0.05, 0.1) is 11.8 Å². The van der Waals surface area contributed by atoms with Crippen LogP contribution in [0.5, 0.6) is 5.75 Å². The van der Waals surface area contributed by atoms with E-state index >= 15 is 0 Å². The van der Waals surface area contributed by atoms with E-state index < -0.39 is 11.9 Å². The van der Waals surface area contributed by atoms with Crippen LogP contribution in [0.3, 0.4) is 0 Å². The van der Waals surface area contributed by atoms with Crippen molar-refractivity contribution in [3.05, 3.63) is 80.0 Å². The minimum Gasteiger partial charge on any atom is -0.422 e. The van der Waals surface area contributed by atoms with E-state index in [1.807, 2.05) is 0 Å². The van der Waals surface area contributed by atoms with Crippen LogP contribution in [0.2, 0.25) is 0 Å². The minimum absolute atomic E-state index is 0.228. The summed E-state index contributed by atoms with van der Waals surface area (Å²) in [7, 11) is 0. The average molecular weight is 506 g/mol. The van der Waals surface area contributed by atoms with Crippen LogP contribution in [0.4, 0.5) is 0 Å². The van der Waals surface area contributed by atoms with Crippen LogP contribution in [0, 0.1) is 6.92 Å². The zero-order chi connectivity index (χ0) is 20.1. The zero-order valence-electron chi connectivity index (χ0n) is 14.6. The number of aromatic nitrogens is 2. The van der Waals surface area contributed by atoms with Crippen molar-refractivity contribution in [2.75, 3.05) is 0 Å². The minimum atomic E-state index is -0.500. The Morgan fingerprint density at radius 2 is 1.82 bits per heavy atom. The number of hydrogen-bond donors (Lipinski definition) is 2. The number of nitrogens with one attached hydrogen (secondary N) is 2. The number of carbonyl (C=O) groups excluding carboxylic acids is 2. The SMILES string of the molecule is Cc1cc(C(=O)NN=Cc2cc(Br)ccc2OC(=O)c2ccc(Br)cc2)n[nH]1. The first-order valence-corrected chi connectivity index (χ1v) is 9.63. The highest BCUT2D eigenvalue weighted by Gasteiger charge is 2.12. The summed E-state index contributed by atoms with van der Waals surface area (Å²) in [5.74, 6) is -0.644. The van der Waals surface area contributed by atoms with Gasteiger partial charge in [0.2, 0.25) is 0 Å². The van der Waals surface area contributed by atoms with E-state index in [0.29, 0.717) is 16.9 Å². The molecule has 3 aromatic rings. The van der Waals surface area contributed by atoms with Crippen molar-refractivity contribution in [3.8, 4) is 5.75 Å². The van der Waals surface area contributed by atoms with Gasteiger partial charge in [-0.2, -0.15) is 10.2 Å². The van der Waals surface area contributed by atoms with Crippen LogP contribution in [0.1, 0.15) is 32.1 Å². The molecule has 0 aliphatic carbocycles. The van der Waals surface area contributed by atoms with Gasteiger partial charge in [0.25, 0.3) is 5.91 Å². The number of esters is 1. The van der Waals surface area contributed by atoms with Gasteiger partial charge in [0.1, 0.15) is 5.75 Å². The van der Waals surface area contributed by atoms with Crippen LogP contribution in [-0.2, 0) is 0 Å². The molecular weight excluding hydrogens is 492 g/mol. The smallest absolute Gasteiger partial charge is 0.343 e. The molecule has 2 aromatic carbocycles. The van der Waals surface area contributed by atoms with E-state index in [2.05, 4.69) is 52.6 Å². The molecular formula is C19H14Br2N4O3. The number of nitrogens with zero attached hydrogens (tertiary/aromatic N) is 2. The maximum Gasteiger partial charge on any atom is 0.343 e. The van der Waals surface area contributed by atoms with Gasteiger partial charge in [-0.1, -0.05) is 31.9 Å². The lowest BCUT2D eigenvalue weighted by molar-refractivity contribution is 0.0734. The molecule has 9 heteroatoms. The Labute approximate surface area is 177 Å². The number of rotatable bonds is 5. The molecule has 0 bridgehead atoms. The topological polar surface area (TPSA) is 96.4 Å². The lowest BCUT2D eigenvalue weighted by Gasteiger charge is -2.08. The molecule has 0 aliphatic rings. The Morgan fingerprint density at radius 3 is 2.50 bits per heavy atom. The number of ether oxygens (including phenoxy) is 1. The van der Waals surface area contributed by atoms with E-state index in [1.165, 1.54) is 6.21 Å². The fourth-order valence-electron chi connectivity index (χ4n) is 2.21. The second-order valence-corrected chi connectivity index (χ2v) is 7.55. The molecule has 2 N–H and O–H groups in total. The largest absolute Gasteiger partial charge is 0.422 e. The van der Waals surface area contributed by atoms with Crippen LogP contribution in [0.15, 0.2) is 62.6 Å². The Kier molecular flexibility index (Phi) is 6.37. The van der Waals surface area contributed by atoms with Gasteiger partial charge in [-0.3, -0.25) is 9.89 Å². The van der Waals surface area contributed by atoms with Gasteiger partial charge in [0, 0.05) is 20.2 Å². The highest BCUT2D eigenvalue weighted by atomic mass is 79.9. The molecule has 0 saturated carbocycles. The number of aromatic amines is 1. The number of hydrazone groups is 1. The number of H-pyrrole nitrogens is 1. The summed E-state index contributed by atoms with van der Waals surface area (Å²) < 4.78 is 7.11. The summed E-state index contributed by atoms with van der Waals surface area (Å²) >= 11 is 6.69. The molecule has 1 heterocycles. The van der Waals surface area contributed by atoms with Crippen LogP contribution in [-0.4, -0.2) is 28.3 Å². The van der Waals surface area contributed by atoms with Gasteiger partial charge >= 0.3 is 5.97 Å². The molecule has 0 atom stereocenters. The summed E-state index contributed by atoms with van der Waals surface area (Å²) in [6.45, 7) is 1.79. The number of hydrogen-bond acceptors (Lipinski definition) is 5. The number of carbonyl (C=O) groups is 2. The first-order valence-electron chi connectivity index (χ1n) is 8.05. The molecule has 0 fully saturated rings. The first kappa shape index (κ1) is 20.0. The molecule has 0 spiro atoms. The Morgan fingerprint density at radius 1 is 1.11 bits per heavy atom. The molecule has 3 rings (SSSR count). The van der Waals surface area contributed by atoms with E-state index in [-0.39, 0.29) is 5.69 Å². The molecule has 1 amide bonds. The summed E-state index contributed by atoms with van der Waals surface area (Å²) in [6, 6.07) is 13.5. The van der Waals surface area contributed by atoms with Crippen molar-refractivity contribution in [2.45, 2.75) is 6.92 Å². The molecule has 0 unspecified atom stereocenters. The first-order chi connectivity index (χ1) is 13.4. The van der Waals surface area contributed by atoms with Gasteiger partial charge < -0.3 is 4.74 Å². The van der Waals surface area contributed by atoms with Gasteiger partial charge in [-0.15, -0.1) is 0 Å². The third kappa shape index (κ3) is 5.14. The number of aryl methyl sites for hydroxylation is 1. The number of amides is 1. The Bertz CT molecular complexity index is 1050. The predicted molar refractivity (Wildman–Crippen MR) is 112 cm³/mol. The van der Waals surface area contributed by atoms with Crippen LogP contribution in [0.25, 0.3) is 0 Å². The predicted octanol–water partition coefficient (Wildman–Crippen LogP) is 4.23. The standard InChI is InChI=1S/C19H14Br2N4O3/c1-11-8-16(24-23-11)18(26)25-22-10-13-9-15(21)6-7-17(13)28-19(27)12-2-4-14(20)5-3-12/h2-10H,1H3,(H,23,24)(H,25,26). The lowest BCUT2D eigenvalue weighted by atomic mass is 10.2. The van der Waals surface area contributed by atoms with Crippen molar-refractivity contribution < 1.29 is 14.3 Å². The summed E-state index contributed by atoms with van der Waals surface area (Å²) in [5.41, 5.74) is 4.31. The molecule has 7 nitrogen and oxygen atoms in total. The normalized spacial score (nSPS) is 10.8. The molecule has 142 valence electrons. The fraction of sp³-hybridized carbons (Fsp3) is 0.0526. The number of halogens is 2. The second kappa shape index (κ2) is 8.94. The number of benzene rings is 2. The third-order valence-corrected chi connectivity index (χ3v) is 4.58. The van der Waals surface area contributed by atoms with Crippen LogP contribution >= 0.6 is 31.9 Å².